The highest BCUT2D eigenvalue weighted by Crippen LogP contribution is 2.30. The van der Waals surface area contributed by atoms with Gasteiger partial charge in [-0.1, -0.05) is 23.4 Å². The van der Waals surface area contributed by atoms with E-state index in [1.54, 1.807) is 58.1 Å². The molecular formula is C25H21ClN6O5S. The minimum atomic E-state index is -0.995. The second kappa shape index (κ2) is 11.5. The van der Waals surface area contributed by atoms with Crippen molar-refractivity contribution in [1.82, 2.24) is 30.1 Å². The number of hydrogen-bond acceptors (Lipinski definition) is 9. The Morgan fingerprint density at radius 2 is 1.68 bits per heavy atom. The first kappa shape index (κ1) is 25.5. The van der Waals surface area contributed by atoms with Gasteiger partial charge in [-0.15, -0.1) is 5.10 Å². The van der Waals surface area contributed by atoms with Crippen molar-refractivity contribution in [1.29, 1.82) is 0 Å². The van der Waals surface area contributed by atoms with Gasteiger partial charge in [-0.2, -0.15) is 4.68 Å². The van der Waals surface area contributed by atoms with Gasteiger partial charge in [0.25, 0.3) is 0 Å². The topological polar surface area (TPSA) is 133 Å². The lowest BCUT2D eigenvalue weighted by Gasteiger charge is -2.30. The van der Waals surface area contributed by atoms with E-state index in [9.17, 15) is 9.59 Å². The van der Waals surface area contributed by atoms with Gasteiger partial charge < -0.3 is 19.5 Å². The predicted octanol–water partition coefficient (Wildman–Crippen LogP) is 4.96. The molecule has 0 atom stereocenters. The Balaban J connectivity index is 1.11. The van der Waals surface area contributed by atoms with Crippen molar-refractivity contribution >= 4 is 35.4 Å². The van der Waals surface area contributed by atoms with E-state index in [1.807, 2.05) is 0 Å². The number of pyridine rings is 1. The Morgan fingerprint density at radius 1 is 0.974 bits per heavy atom. The SMILES string of the molecule is O=C(O)c1ccc(-n2nnnc2SC2CCN(C(=O)Oc3ccc(Oc4ccc(Cl)cn4)cc3)CC2)cc1. The fourth-order valence-corrected chi connectivity index (χ4v) is 4.93. The Labute approximate surface area is 226 Å². The molecule has 194 valence electrons. The monoisotopic (exact) mass is 552 g/mol. The van der Waals surface area contributed by atoms with Crippen molar-refractivity contribution in [3.63, 3.8) is 0 Å². The number of carboxylic acids is 1. The fourth-order valence-electron chi connectivity index (χ4n) is 3.75. The second-order valence-corrected chi connectivity index (χ2v) is 9.99. The van der Waals surface area contributed by atoms with E-state index >= 15 is 0 Å². The van der Waals surface area contributed by atoms with Crippen molar-refractivity contribution in [3.05, 3.63) is 77.4 Å². The third kappa shape index (κ3) is 6.21. The highest BCUT2D eigenvalue weighted by atomic mass is 35.5. The number of carbonyl (C=O) groups excluding carboxylic acids is 1. The fraction of sp³-hybridized carbons (Fsp3) is 0.200. The van der Waals surface area contributed by atoms with Crippen molar-refractivity contribution < 1.29 is 24.2 Å². The molecule has 11 nitrogen and oxygen atoms in total. The molecule has 1 aliphatic rings. The van der Waals surface area contributed by atoms with Gasteiger partial charge in [-0.3, -0.25) is 0 Å². The average molecular weight is 553 g/mol. The number of aromatic nitrogens is 5. The molecule has 1 fully saturated rings. The van der Waals surface area contributed by atoms with Crippen LogP contribution in [0.25, 0.3) is 5.69 Å². The van der Waals surface area contributed by atoms with Crippen molar-refractivity contribution in [2.45, 2.75) is 23.2 Å². The van der Waals surface area contributed by atoms with E-state index < -0.39 is 12.1 Å². The summed E-state index contributed by atoms with van der Waals surface area (Å²) in [5.74, 6) is 0.379. The van der Waals surface area contributed by atoms with Crippen LogP contribution in [0.1, 0.15) is 23.2 Å². The van der Waals surface area contributed by atoms with E-state index in [0.717, 1.165) is 12.8 Å². The van der Waals surface area contributed by atoms with Gasteiger partial charge in [0.15, 0.2) is 0 Å². The average Bonchev–Trinajstić information content (AvgIpc) is 3.39. The zero-order valence-electron chi connectivity index (χ0n) is 19.8. The molecule has 2 aromatic heterocycles. The zero-order valence-corrected chi connectivity index (χ0v) is 21.4. The van der Waals surface area contributed by atoms with Gasteiger partial charge in [-0.05, 0) is 77.9 Å². The number of rotatable bonds is 7. The summed E-state index contributed by atoms with van der Waals surface area (Å²) in [6, 6.07) is 16.4. The Bertz CT molecular complexity index is 1410. The normalized spacial score (nSPS) is 13.8. The molecule has 2 aromatic carbocycles. The minimum Gasteiger partial charge on any atom is -0.478 e. The molecule has 4 aromatic rings. The van der Waals surface area contributed by atoms with Crippen molar-refractivity contribution in [2.24, 2.45) is 0 Å². The molecule has 38 heavy (non-hydrogen) atoms. The molecule has 0 radical (unpaired) electrons. The van der Waals surface area contributed by atoms with Crippen LogP contribution in [0.15, 0.2) is 72.0 Å². The minimum absolute atomic E-state index is 0.190. The lowest BCUT2D eigenvalue weighted by molar-refractivity contribution is 0.0696. The maximum Gasteiger partial charge on any atom is 0.415 e. The quantitative estimate of drug-likeness (QED) is 0.335. The van der Waals surface area contributed by atoms with Crippen LogP contribution >= 0.6 is 23.4 Å². The van der Waals surface area contributed by atoms with Crippen LogP contribution in [0.3, 0.4) is 0 Å². The van der Waals surface area contributed by atoms with Crippen LogP contribution in [0.2, 0.25) is 5.02 Å². The number of benzene rings is 2. The Kier molecular flexibility index (Phi) is 7.70. The molecule has 1 saturated heterocycles. The number of amides is 1. The number of aromatic carboxylic acids is 1. The lowest BCUT2D eigenvalue weighted by Crippen LogP contribution is -2.41. The summed E-state index contributed by atoms with van der Waals surface area (Å²) in [6.07, 6.45) is 2.57. The van der Waals surface area contributed by atoms with Gasteiger partial charge in [0.05, 0.1) is 16.3 Å². The molecular weight excluding hydrogens is 532 g/mol. The van der Waals surface area contributed by atoms with Crippen LogP contribution in [-0.4, -0.2) is 65.6 Å². The number of carboxylic acid groups (broad SMARTS) is 1. The molecule has 0 saturated carbocycles. The molecule has 13 heteroatoms. The molecule has 0 aliphatic carbocycles. The third-order valence-electron chi connectivity index (χ3n) is 5.72. The smallest absolute Gasteiger partial charge is 0.415 e. The van der Waals surface area contributed by atoms with Crippen molar-refractivity contribution in [2.75, 3.05) is 13.1 Å². The van der Waals surface area contributed by atoms with E-state index in [4.69, 9.17) is 26.2 Å². The second-order valence-electron chi connectivity index (χ2n) is 8.29. The number of halogens is 1. The number of carbonyl (C=O) groups is 2. The van der Waals surface area contributed by atoms with Crippen LogP contribution in [0.5, 0.6) is 17.4 Å². The van der Waals surface area contributed by atoms with Crippen LogP contribution < -0.4 is 9.47 Å². The summed E-state index contributed by atoms with van der Waals surface area (Å²) in [6.45, 7) is 1.07. The lowest BCUT2D eigenvalue weighted by atomic mass is 10.1. The number of likely N-dealkylation sites (tertiary alicyclic amines) is 1. The number of nitrogens with zero attached hydrogens (tertiary/aromatic N) is 6. The van der Waals surface area contributed by atoms with Gasteiger partial charge >= 0.3 is 12.1 Å². The molecule has 1 aliphatic heterocycles. The number of thioether (sulfide) groups is 1. The zero-order chi connectivity index (χ0) is 26.5. The molecule has 3 heterocycles. The molecule has 1 amide bonds. The van der Waals surface area contributed by atoms with E-state index in [0.29, 0.717) is 46.3 Å². The molecule has 0 spiro atoms. The number of piperidine rings is 1. The summed E-state index contributed by atoms with van der Waals surface area (Å²) in [5.41, 5.74) is 0.860. The van der Waals surface area contributed by atoms with Crippen LogP contribution in [0, 0.1) is 0 Å². The van der Waals surface area contributed by atoms with Crippen molar-refractivity contribution in [3.8, 4) is 23.1 Å². The standard InChI is InChI=1S/C25H21ClN6O5S/c26-17-3-10-22(27-15-17)36-19-6-8-20(9-7-19)37-25(35)31-13-11-21(12-14-31)38-24-28-29-30-32(24)18-4-1-16(2-5-18)23(33)34/h1-10,15,21H,11-14H2,(H,33,34). The third-order valence-corrected chi connectivity index (χ3v) is 7.22. The van der Waals surface area contributed by atoms with Gasteiger partial charge in [0.2, 0.25) is 11.0 Å². The highest BCUT2D eigenvalue weighted by molar-refractivity contribution is 7.99. The molecule has 1 N–H and O–H groups in total. The Hall–Kier alpha value is -4.16. The van der Waals surface area contributed by atoms with Crippen LogP contribution in [-0.2, 0) is 0 Å². The first-order valence-electron chi connectivity index (χ1n) is 11.6. The number of ether oxygens (including phenoxy) is 2. The first-order chi connectivity index (χ1) is 18.4. The molecule has 0 bridgehead atoms. The maximum atomic E-state index is 12.7. The Morgan fingerprint density at radius 3 is 2.34 bits per heavy atom. The first-order valence-corrected chi connectivity index (χ1v) is 12.9. The van der Waals surface area contributed by atoms with E-state index in [-0.39, 0.29) is 10.8 Å². The van der Waals surface area contributed by atoms with E-state index in [2.05, 4.69) is 20.5 Å². The molecule has 5 rings (SSSR count). The van der Waals surface area contributed by atoms with Gasteiger partial charge in [-0.25, -0.2) is 14.6 Å². The van der Waals surface area contributed by atoms with Crippen LogP contribution in [0.4, 0.5) is 4.79 Å². The number of hydrogen-bond donors (Lipinski definition) is 1. The summed E-state index contributed by atoms with van der Waals surface area (Å²) < 4.78 is 12.8. The maximum absolute atomic E-state index is 12.7. The molecule has 0 unspecified atom stereocenters. The van der Waals surface area contributed by atoms with Gasteiger partial charge in [0, 0.05) is 30.6 Å². The summed E-state index contributed by atoms with van der Waals surface area (Å²) >= 11 is 7.36. The largest absolute Gasteiger partial charge is 0.478 e. The summed E-state index contributed by atoms with van der Waals surface area (Å²) in [5, 5.41) is 22.3. The summed E-state index contributed by atoms with van der Waals surface area (Å²) in [4.78, 5) is 29.5. The predicted molar refractivity (Wildman–Crippen MR) is 138 cm³/mol. The highest BCUT2D eigenvalue weighted by Gasteiger charge is 2.26. The van der Waals surface area contributed by atoms with E-state index in [1.165, 1.54) is 30.1 Å². The summed E-state index contributed by atoms with van der Waals surface area (Å²) in [7, 11) is 0. The number of tetrazole rings is 1. The van der Waals surface area contributed by atoms with Gasteiger partial charge in [0.1, 0.15) is 11.5 Å².